The van der Waals surface area contributed by atoms with E-state index in [0.29, 0.717) is 23.6 Å². The molecule has 1 aromatic rings. The number of anilines is 1. The molecule has 0 spiro atoms. The Labute approximate surface area is 112 Å². The Bertz CT molecular complexity index is 444. The first-order chi connectivity index (χ1) is 8.92. The van der Waals surface area contributed by atoms with Crippen LogP contribution in [0.1, 0.15) is 23.1 Å². The lowest BCUT2D eigenvalue weighted by molar-refractivity contribution is 0.0376. The lowest BCUT2D eigenvalue weighted by Crippen LogP contribution is -2.37. The van der Waals surface area contributed by atoms with Crippen LogP contribution in [0.3, 0.4) is 0 Å². The van der Waals surface area contributed by atoms with Gasteiger partial charge in [0.25, 0.3) is 5.91 Å². The highest BCUT2D eigenvalue weighted by atomic mass is 16.5. The lowest BCUT2D eigenvalue weighted by Gasteiger charge is -2.21. The van der Waals surface area contributed by atoms with E-state index in [1.54, 1.807) is 18.7 Å². The van der Waals surface area contributed by atoms with E-state index < -0.39 is 6.10 Å². The molecule has 0 saturated carbocycles. The molecule has 0 aromatic carbocycles. The second kappa shape index (κ2) is 6.53. The molecule has 0 fully saturated rings. The molecule has 0 bridgehead atoms. The summed E-state index contributed by atoms with van der Waals surface area (Å²) in [4.78, 5) is 13.8. The van der Waals surface area contributed by atoms with Gasteiger partial charge in [-0.05, 0) is 13.8 Å². The number of aromatic nitrogens is 2. The number of nitrogens with two attached hydrogens (primary N) is 1. The Balaban J connectivity index is 2.88. The van der Waals surface area contributed by atoms with Gasteiger partial charge in [-0.1, -0.05) is 0 Å². The number of hydrogen-bond donors (Lipinski definition) is 2. The van der Waals surface area contributed by atoms with Gasteiger partial charge in [-0.3, -0.25) is 9.48 Å². The highest BCUT2D eigenvalue weighted by molar-refractivity contribution is 5.97. The van der Waals surface area contributed by atoms with Gasteiger partial charge in [0.1, 0.15) is 5.69 Å². The predicted molar refractivity (Wildman–Crippen MR) is 71.9 cm³/mol. The van der Waals surface area contributed by atoms with Crippen molar-refractivity contribution in [2.24, 2.45) is 0 Å². The number of amides is 1. The normalized spacial score (nSPS) is 12.5. The van der Waals surface area contributed by atoms with E-state index in [-0.39, 0.29) is 19.1 Å². The van der Waals surface area contributed by atoms with Crippen molar-refractivity contribution >= 4 is 11.6 Å². The molecule has 19 heavy (non-hydrogen) atoms. The number of carbonyl (C=O) groups is 1. The standard InChI is InChI=1S/C12H22N4O3/c1-5-16-11(10(13)8(2)14-16)12(18)15(3)6-9(17)7-19-4/h9,17H,5-7,13H2,1-4H3. The molecule has 1 atom stereocenters. The Morgan fingerprint density at radius 2 is 2.26 bits per heavy atom. The number of aliphatic hydroxyl groups excluding tert-OH is 1. The molecular weight excluding hydrogens is 248 g/mol. The maximum Gasteiger partial charge on any atom is 0.274 e. The maximum absolute atomic E-state index is 12.3. The summed E-state index contributed by atoms with van der Waals surface area (Å²) in [7, 11) is 3.11. The number of ether oxygens (including phenoxy) is 1. The zero-order valence-corrected chi connectivity index (χ0v) is 11.9. The summed E-state index contributed by atoms with van der Waals surface area (Å²) in [6.07, 6.45) is -0.723. The highest BCUT2D eigenvalue weighted by Gasteiger charge is 2.23. The molecule has 1 rings (SSSR count). The predicted octanol–water partition coefficient (Wildman–Crippen LogP) is -0.127. The molecule has 7 nitrogen and oxygen atoms in total. The van der Waals surface area contributed by atoms with Crippen molar-refractivity contribution in [3.63, 3.8) is 0 Å². The SMILES string of the molecule is CCn1nc(C)c(N)c1C(=O)N(C)CC(O)COC. The van der Waals surface area contributed by atoms with Crippen LogP contribution >= 0.6 is 0 Å². The number of aliphatic hydroxyl groups is 1. The largest absolute Gasteiger partial charge is 0.395 e. The summed E-state index contributed by atoms with van der Waals surface area (Å²) in [5.74, 6) is -0.255. The van der Waals surface area contributed by atoms with Gasteiger partial charge in [-0.15, -0.1) is 0 Å². The van der Waals surface area contributed by atoms with Crippen LogP contribution < -0.4 is 5.73 Å². The first kappa shape index (κ1) is 15.5. The monoisotopic (exact) mass is 270 g/mol. The number of likely N-dealkylation sites (N-methyl/N-ethyl adjacent to an activating group) is 1. The zero-order chi connectivity index (χ0) is 14.6. The van der Waals surface area contributed by atoms with E-state index in [9.17, 15) is 9.90 Å². The molecule has 3 N–H and O–H groups in total. The molecule has 0 aliphatic heterocycles. The Morgan fingerprint density at radius 3 is 2.79 bits per heavy atom. The van der Waals surface area contributed by atoms with E-state index in [1.165, 1.54) is 12.0 Å². The van der Waals surface area contributed by atoms with Gasteiger partial charge in [-0.2, -0.15) is 5.10 Å². The van der Waals surface area contributed by atoms with Gasteiger partial charge in [0, 0.05) is 27.2 Å². The van der Waals surface area contributed by atoms with Crippen molar-refractivity contribution in [2.75, 3.05) is 33.0 Å². The first-order valence-corrected chi connectivity index (χ1v) is 6.17. The average molecular weight is 270 g/mol. The van der Waals surface area contributed by atoms with Crippen LogP contribution in [0.5, 0.6) is 0 Å². The van der Waals surface area contributed by atoms with Crippen molar-refractivity contribution in [3.8, 4) is 0 Å². The van der Waals surface area contributed by atoms with Crippen LogP contribution in [-0.2, 0) is 11.3 Å². The van der Waals surface area contributed by atoms with Gasteiger partial charge in [0.05, 0.1) is 24.1 Å². The number of hydrogen-bond acceptors (Lipinski definition) is 5. The smallest absolute Gasteiger partial charge is 0.274 e. The minimum atomic E-state index is -0.723. The van der Waals surface area contributed by atoms with Crippen molar-refractivity contribution in [3.05, 3.63) is 11.4 Å². The third-order valence-corrected chi connectivity index (χ3v) is 2.87. The number of methoxy groups -OCH3 is 1. The average Bonchev–Trinajstić information content (AvgIpc) is 2.64. The van der Waals surface area contributed by atoms with Crippen molar-refractivity contribution in [1.29, 1.82) is 0 Å². The fourth-order valence-corrected chi connectivity index (χ4v) is 1.87. The number of nitrogens with zero attached hydrogens (tertiary/aromatic N) is 3. The van der Waals surface area contributed by atoms with Gasteiger partial charge in [-0.25, -0.2) is 0 Å². The van der Waals surface area contributed by atoms with Gasteiger partial charge in [0.15, 0.2) is 0 Å². The van der Waals surface area contributed by atoms with E-state index in [2.05, 4.69) is 5.10 Å². The topological polar surface area (TPSA) is 93.6 Å². The minimum Gasteiger partial charge on any atom is -0.395 e. The zero-order valence-electron chi connectivity index (χ0n) is 11.9. The van der Waals surface area contributed by atoms with Gasteiger partial charge >= 0.3 is 0 Å². The van der Waals surface area contributed by atoms with Crippen LogP contribution in [0.25, 0.3) is 0 Å². The summed E-state index contributed by atoms with van der Waals surface area (Å²) in [5.41, 5.74) is 7.28. The van der Waals surface area contributed by atoms with E-state index in [1.807, 2.05) is 6.92 Å². The van der Waals surface area contributed by atoms with Crippen molar-refractivity contribution < 1.29 is 14.6 Å². The molecule has 0 radical (unpaired) electrons. The second-order valence-corrected chi connectivity index (χ2v) is 4.46. The second-order valence-electron chi connectivity index (χ2n) is 4.46. The summed E-state index contributed by atoms with van der Waals surface area (Å²) in [6, 6.07) is 0. The summed E-state index contributed by atoms with van der Waals surface area (Å²) >= 11 is 0. The van der Waals surface area contributed by atoms with Crippen LogP contribution in [0.2, 0.25) is 0 Å². The lowest BCUT2D eigenvalue weighted by atomic mass is 10.2. The van der Waals surface area contributed by atoms with Gasteiger partial charge < -0.3 is 20.5 Å². The molecule has 0 aliphatic rings. The molecule has 1 unspecified atom stereocenters. The fraction of sp³-hybridized carbons (Fsp3) is 0.667. The van der Waals surface area contributed by atoms with E-state index in [4.69, 9.17) is 10.5 Å². The van der Waals surface area contributed by atoms with Crippen LogP contribution in [0.4, 0.5) is 5.69 Å². The van der Waals surface area contributed by atoms with Crippen molar-refractivity contribution in [2.45, 2.75) is 26.5 Å². The maximum atomic E-state index is 12.3. The highest BCUT2D eigenvalue weighted by Crippen LogP contribution is 2.18. The summed E-state index contributed by atoms with van der Waals surface area (Å²) in [6.45, 7) is 4.58. The molecule has 0 aliphatic carbocycles. The summed E-state index contributed by atoms with van der Waals surface area (Å²) < 4.78 is 6.41. The molecule has 108 valence electrons. The Morgan fingerprint density at radius 1 is 1.63 bits per heavy atom. The van der Waals surface area contributed by atoms with E-state index in [0.717, 1.165) is 0 Å². The van der Waals surface area contributed by atoms with Crippen LogP contribution in [-0.4, -0.2) is 59.1 Å². The quantitative estimate of drug-likeness (QED) is 0.751. The van der Waals surface area contributed by atoms with E-state index >= 15 is 0 Å². The number of nitrogen functional groups attached to an aromatic ring is 1. The van der Waals surface area contributed by atoms with Crippen molar-refractivity contribution in [1.82, 2.24) is 14.7 Å². The molecule has 7 heteroatoms. The number of rotatable bonds is 6. The molecule has 1 heterocycles. The Kier molecular flexibility index (Phi) is 5.31. The third-order valence-electron chi connectivity index (χ3n) is 2.87. The molecule has 0 saturated heterocycles. The van der Waals surface area contributed by atoms with Crippen LogP contribution in [0.15, 0.2) is 0 Å². The third kappa shape index (κ3) is 3.45. The molecule has 1 amide bonds. The first-order valence-electron chi connectivity index (χ1n) is 6.17. The number of aryl methyl sites for hydroxylation is 2. The Hall–Kier alpha value is -1.60. The summed E-state index contributed by atoms with van der Waals surface area (Å²) in [5, 5.41) is 13.8. The minimum absolute atomic E-state index is 0.180. The molecule has 1 aromatic heterocycles. The van der Waals surface area contributed by atoms with Gasteiger partial charge in [0.2, 0.25) is 0 Å². The molecular formula is C12H22N4O3. The van der Waals surface area contributed by atoms with Crippen LogP contribution in [0, 0.1) is 6.92 Å². The number of carbonyl (C=O) groups excluding carboxylic acids is 1. The fourth-order valence-electron chi connectivity index (χ4n) is 1.87.